The van der Waals surface area contributed by atoms with Crippen molar-refractivity contribution in [2.75, 3.05) is 47.4 Å². The van der Waals surface area contributed by atoms with Gasteiger partial charge in [-0.25, -0.2) is 4.39 Å². The molecule has 2 aromatic rings. The Morgan fingerprint density at radius 1 is 1.13 bits per heavy atom. The van der Waals surface area contributed by atoms with Crippen molar-refractivity contribution >= 4 is 35.8 Å². The first-order valence-electron chi connectivity index (χ1n) is 10.1. The molecule has 1 amide bonds. The van der Waals surface area contributed by atoms with E-state index >= 15 is 0 Å². The van der Waals surface area contributed by atoms with E-state index in [0.29, 0.717) is 25.3 Å². The van der Waals surface area contributed by atoms with Crippen LogP contribution in [0.2, 0.25) is 0 Å². The molecule has 0 radical (unpaired) electrons. The number of rotatable bonds is 9. The fourth-order valence-corrected chi connectivity index (χ4v) is 2.84. The molecular weight excluding hydrogens is 510 g/mol. The lowest BCUT2D eigenvalue weighted by atomic mass is 10.1. The third kappa shape index (κ3) is 8.72. The van der Waals surface area contributed by atoms with Gasteiger partial charge in [0.1, 0.15) is 6.61 Å². The highest BCUT2D eigenvalue weighted by atomic mass is 127. The second-order valence-corrected chi connectivity index (χ2v) is 7.09. The Bertz CT molecular complexity index is 861. The minimum atomic E-state index is -0.365. The van der Waals surface area contributed by atoms with Gasteiger partial charge >= 0.3 is 0 Å². The largest absolute Gasteiger partial charge is 0.489 e. The van der Waals surface area contributed by atoms with Crippen LogP contribution in [0.1, 0.15) is 22.8 Å². The predicted octanol–water partition coefficient (Wildman–Crippen LogP) is 3.66. The number of nitrogens with one attached hydrogen (secondary N) is 1. The molecule has 0 fully saturated rings. The summed E-state index contributed by atoms with van der Waals surface area (Å²) in [5, 5.41) is 3.26. The van der Waals surface area contributed by atoms with Gasteiger partial charge in [-0.3, -0.25) is 9.79 Å². The lowest BCUT2D eigenvalue weighted by molar-refractivity contribution is 0.0827. The standard InChI is InChI=1S/C23H31FN4O2.HI/c1-5-25-23(28(4)15-16-30-21-12-7-6-11-20(21)24)26-14-13-18-9-8-10-19(17-18)22(29)27(2)3;/h6-12,17H,5,13-16H2,1-4H3,(H,25,26);1H. The molecule has 0 atom stereocenters. The number of guanidine groups is 1. The Hall–Kier alpha value is -2.36. The summed E-state index contributed by atoms with van der Waals surface area (Å²) in [5.41, 5.74) is 1.74. The van der Waals surface area contributed by atoms with Crippen LogP contribution in [0.5, 0.6) is 5.75 Å². The molecule has 0 bridgehead atoms. The van der Waals surface area contributed by atoms with Gasteiger partial charge in [-0.15, -0.1) is 24.0 Å². The van der Waals surface area contributed by atoms with Crippen molar-refractivity contribution in [1.29, 1.82) is 0 Å². The zero-order valence-corrected chi connectivity index (χ0v) is 20.9. The first-order chi connectivity index (χ1) is 14.4. The molecule has 2 rings (SSSR count). The van der Waals surface area contributed by atoms with Crippen LogP contribution in [0.4, 0.5) is 4.39 Å². The number of hydrogen-bond acceptors (Lipinski definition) is 3. The predicted molar refractivity (Wildman–Crippen MR) is 134 cm³/mol. The third-order valence-electron chi connectivity index (χ3n) is 4.46. The van der Waals surface area contributed by atoms with Crippen LogP contribution in [-0.4, -0.2) is 69.1 Å². The van der Waals surface area contributed by atoms with Crippen molar-refractivity contribution in [3.63, 3.8) is 0 Å². The van der Waals surface area contributed by atoms with E-state index in [1.807, 2.05) is 43.1 Å². The van der Waals surface area contributed by atoms with Crippen LogP contribution < -0.4 is 10.1 Å². The topological polar surface area (TPSA) is 57.2 Å². The highest BCUT2D eigenvalue weighted by Gasteiger charge is 2.09. The van der Waals surface area contributed by atoms with Gasteiger partial charge in [0, 0.05) is 39.8 Å². The summed E-state index contributed by atoms with van der Waals surface area (Å²) in [7, 11) is 5.41. The van der Waals surface area contributed by atoms with Crippen molar-refractivity contribution < 1.29 is 13.9 Å². The monoisotopic (exact) mass is 542 g/mol. The van der Waals surface area contributed by atoms with Gasteiger partial charge in [0.2, 0.25) is 0 Å². The van der Waals surface area contributed by atoms with Gasteiger partial charge < -0.3 is 19.9 Å². The van der Waals surface area contributed by atoms with E-state index < -0.39 is 0 Å². The van der Waals surface area contributed by atoms with Crippen LogP contribution >= 0.6 is 24.0 Å². The molecule has 170 valence electrons. The molecule has 0 spiro atoms. The van der Waals surface area contributed by atoms with E-state index in [0.717, 1.165) is 24.5 Å². The first kappa shape index (κ1) is 26.7. The lowest BCUT2D eigenvalue weighted by Gasteiger charge is -2.22. The number of aliphatic imine (C=N–C) groups is 1. The number of nitrogens with zero attached hydrogens (tertiary/aromatic N) is 3. The lowest BCUT2D eigenvalue weighted by Crippen LogP contribution is -2.41. The molecule has 0 aliphatic carbocycles. The van der Waals surface area contributed by atoms with Gasteiger partial charge in [0.05, 0.1) is 6.54 Å². The van der Waals surface area contributed by atoms with E-state index in [-0.39, 0.29) is 41.5 Å². The molecule has 0 aromatic heterocycles. The molecule has 0 unspecified atom stereocenters. The van der Waals surface area contributed by atoms with Gasteiger partial charge in [-0.1, -0.05) is 24.3 Å². The summed E-state index contributed by atoms with van der Waals surface area (Å²) in [5.74, 6) is 0.633. The number of halogens is 2. The second kappa shape index (κ2) is 13.8. The van der Waals surface area contributed by atoms with E-state index in [4.69, 9.17) is 4.74 Å². The normalized spacial score (nSPS) is 10.8. The first-order valence-corrected chi connectivity index (χ1v) is 10.1. The number of likely N-dealkylation sites (N-methyl/N-ethyl adjacent to an activating group) is 1. The average Bonchev–Trinajstić information content (AvgIpc) is 2.74. The van der Waals surface area contributed by atoms with E-state index in [1.54, 1.807) is 37.2 Å². The minimum Gasteiger partial charge on any atom is -0.489 e. The fourth-order valence-electron chi connectivity index (χ4n) is 2.84. The minimum absolute atomic E-state index is 0. The summed E-state index contributed by atoms with van der Waals surface area (Å²) in [4.78, 5) is 20.3. The molecule has 2 aromatic carbocycles. The average molecular weight is 542 g/mol. The summed E-state index contributed by atoms with van der Waals surface area (Å²) in [6.07, 6.45) is 0.725. The number of benzene rings is 2. The molecular formula is C23H32FIN4O2. The van der Waals surface area contributed by atoms with Gasteiger partial charge in [-0.05, 0) is 43.2 Å². The molecule has 0 aliphatic rings. The highest BCUT2D eigenvalue weighted by Crippen LogP contribution is 2.15. The van der Waals surface area contributed by atoms with E-state index in [1.165, 1.54) is 6.07 Å². The Morgan fingerprint density at radius 2 is 1.87 bits per heavy atom. The van der Waals surface area contributed by atoms with Crippen LogP contribution in [0.25, 0.3) is 0 Å². The smallest absolute Gasteiger partial charge is 0.253 e. The van der Waals surface area contributed by atoms with Crippen LogP contribution in [0.3, 0.4) is 0 Å². The van der Waals surface area contributed by atoms with Crippen LogP contribution in [0.15, 0.2) is 53.5 Å². The van der Waals surface area contributed by atoms with Gasteiger partial charge in [0.25, 0.3) is 5.91 Å². The van der Waals surface area contributed by atoms with Crippen molar-refractivity contribution in [3.8, 4) is 5.75 Å². The fraction of sp³-hybridized carbons (Fsp3) is 0.391. The summed E-state index contributed by atoms with van der Waals surface area (Å²) < 4.78 is 19.2. The summed E-state index contributed by atoms with van der Waals surface area (Å²) in [6.45, 7) is 4.24. The Balaban J connectivity index is 0.00000480. The Kier molecular flexibility index (Phi) is 11.9. The number of para-hydroxylation sites is 1. The van der Waals surface area contributed by atoms with Crippen LogP contribution in [0, 0.1) is 5.82 Å². The number of carbonyl (C=O) groups excluding carboxylic acids is 1. The van der Waals surface area contributed by atoms with Crippen molar-refractivity contribution in [1.82, 2.24) is 15.1 Å². The number of amides is 1. The van der Waals surface area contributed by atoms with E-state index in [2.05, 4.69) is 10.3 Å². The van der Waals surface area contributed by atoms with Crippen molar-refractivity contribution in [3.05, 3.63) is 65.5 Å². The summed E-state index contributed by atoms with van der Waals surface area (Å²) in [6, 6.07) is 14.0. The molecule has 0 heterocycles. The highest BCUT2D eigenvalue weighted by molar-refractivity contribution is 14.0. The molecule has 0 aliphatic heterocycles. The molecule has 6 nitrogen and oxygen atoms in total. The number of hydrogen-bond donors (Lipinski definition) is 1. The molecule has 0 saturated carbocycles. The molecule has 31 heavy (non-hydrogen) atoms. The zero-order valence-electron chi connectivity index (χ0n) is 18.6. The van der Waals surface area contributed by atoms with Crippen molar-refractivity contribution in [2.24, 2.45) is 4.99 Å². The van der Waals surface area contributed by atoms with Gasteiger partial charge in [-0.2, -0.15) is 0 Å². The maximum Gasteiger partial charge on any atom is 0.253 e. The Morgan fingerprint density at radius 3 is 2.55 bits per heavy atom. The Labute approximate surface area is 201 Å². The van der Waals surface area contributed by atoms with Crippen molar-refractivity contribution in [2.45, 2.75) is 13.3 Å². The van der Waals surface area contributed by atoms with E-state index in [9.17, 15) is 9.18 Å². The molecule has 0 saturated heterocycles. The second-order valence-electron chi connectivity index (χ2n) is 7.09. The number of ether oxygens (including phenoxy) is 1. The van der Waals surface area contributed by atoms with Crippen LogP contribution in [-0.2, 0) is 6.42 Å². The molecule has 1 N–H and O–H groups in total. The molecule has 8 heteroatoms. The van der Waals surface area contributed by atoms with Gasteiger partial charge in [0.15, 0.2) is 17.5 Å². The maximum atomic E-state index is 13.6. The third-order valence-corrected chi connectivity index (χ3v) is 4.46. The SMILES string of the molecule is CCNC(=NCCc1cccc(C(=O)N(C)C)c1)N(C)CCOc1ccccc1F.I. The quantitative estimate of drug-likeness (QED) is 0.299. The summed E-state index contributed by atoms with van der Waals surface area (Å²) >= 11 is 0. The zero-order chi connectivity index (χ0) is 21.9. The maximum absolute atomic E-state index is 13.6. The number of carbonyl (C=O) groups is 1.